The maximum absolute atomic E-state index is 14.0. The lowest BCUT2D eigenvalue weighted by atomic mass is 9.94. The quantitative estimate of drug-likeness (QED) is 0.480. The van der Waals surface area contributed by atoms with E-state index < -0.39 is 17.6 Å². The van der Waals surface area contributed by atoms with Gasteiger partial charge < -0.3 is 15.1 Å². The molecule has 2 aliphatic rings. The summed E-state index contributed by atoms with van der Waals surface area (Å²) in [6.45, 7) is 1.48. The molecule has 0 saturated carbocycles. The van der Waals surface area contributed by atoms with E-state index in [1.165, 1.54) is 6.07 Å². The van der Waals surface area contributed by atoms with Crippen molar-refractivity contribution in [1.82, 2.24) is 14.8 Å². The summed E-state index contributed by atoms with van der Waals surface area (Å²) in [5.74, 6) is -1.22. The summed E-state index contributed by atoms with van der Waals surface area (Å²) in [6, 6.07) is 13.1. The largest absolute Gasteiger partial charge is 0.419 e. The van der Waals surface area contributed by atoms with Gasteiger partial charge in [0, 0.05) is 43.8 Å². The molecule has 0 aliphatic carbocycles. The number of fused-ring (bicyclic) bond motifs is 1. The number of anilines is 3. The number of hydrogen-bond acceptors (Lipinski definition) is 4. The lowest BCUT2D eigenvalue weighted by Crippen LogP contribution is -2.57. The van der Waals surface area contributed by atoms with Crippen LogP contribution in [0.5, 0.6) is 0 Å². The average molecular weight is 513 g/mol. The van der Waals surface area contributed by atoms with Crippen molar-refractivity contribution in [2.45, 2.75) is 19.1 Å². The Morgan fingerprint density at radius 2 is 1.81 bits per heavy atom. The molecule has 0 radical (unpaired) electrons. The van der Waals surface area contributed by atoms with E-state index in [9.17, 15) is 27.2 Å². The number of halogens is 4. The third-order valence-corrected chi connectivity index (χ3v) is 6.55. The van der Waals surface area contributed by atoms with Crippen LogP contribution in [0.3, 0.4) is 0 Å². The molecule has 0 atom stereocenters. The van der Waals surface area contributed by atoms with Crippen LogP contribution >= 0.6 is 0 Å². The molecule has 0 unspecified atom stereocenters. The zero-order valence-corrected chi connectivity index (χ0v) is 19.6. The van der Waals surface area contributed by atoms with Gasteiger partial charge in [-0.3, -0.25) is 10.1 Å². The molecule has 2 N–H and O–H groups in total. The van der Waals surface area contributed by atoms with Crippen molar-refractivity contribution < 1.29 is 27.2 Å². The molecular weight excluding hydrogens is 490 g/mol. The number of hydrogen-bond donors (Lipinski definition) is 2. The molecule has 3 amide bonds. The first-order chi connectivity index (χ1) is 17.7. The van der Waals surface area contributed by atoms with Gasteiger partial charge in [-0.2, -0.15) is 13.2 Å². The summed E-state index contributed by atoms with van der Waals surface area (Å²) >= 11 is 0. The first kappa shape index (κ1) is 24.5. The standard InChI is InChI=1S/C26H23F4N5O2/c27-21-12-18(7-8-20(21)26(28,29)30)32-22-5-3-4-16-13-34(11-9-19(16)22)24(36)17-14-35(15-17)25(37)33-23-6-1-2-10-31-23/h1-8,10,12,17,32H,9,11,13-15H2,(H,31,33,37). The average Bonchev–Trinajstić information content (AvgIpc) is 2.83. The number of nitrogens with one attached hydrogen (secondary N) is 2. The fourth-order valence-electron chi connectivity index (χ4n) is 4.58. The smallest absolute Gasteiger partial charge is 0.355 e. The van der Waals surface area contributed by atoms with Gasteiger partial charge in [-0.15, -0.1) is 0 Å². The summed E-state index contributed by atoms with van der Waals surface area (Å²) < 4.78 is 52.6. The number of aromatic nitrogens is 1. The zero-order valence-electron chi connectivity index (χ0n) is 19.6. The number of alkyl halides is 3. The summed E-state index contributed by atoms with van der Waals surface area (Å²) in [7, 11) is 0. The number of nitrogens with zero attached hydrogens (tertiary/aromatic N) is 3. The molecule has 1 fully saturated rings. The number of benzene rings is 2. The summed E-state index contributed by atoms with van der Waals surface area (Å²) in [5.41, 5.74) is 1.38. The van der Waals surface area contributed by atoms with E-state index in [4.69, 9.17) is 0 Å². The lowest BCUT2D eigenvalue weighted by molar-refractivity contribution is -0.141. The Balaban J connectivity index is 1.20. The number of urea groups is 1. The second-order valence-corrected chi connectivity index (χ2v) is 9.02. The molecule has 5 rings (SSSR count). The minimum atomic E-state index is -4.76. The van der Waals surface area contributed by atoms with Crippen LogP contribution in [0.25, 0.3) is 0 Å². The minimum Gasteiger partial charge on any atom is -0.355 e. The van der Waals surface area contributed by atoms with Gasteiger partial charge in [0.2, 0.25) is 5.91 Å². The molecule has 2 aliphatic heterocycles. The number of pyridine rings is 1. The second-order valence-electron chi connectivity index (χ2n) is 9.02. The Morgan fingerprint density at radius 3 is 2.51 bits per heavy atom. The van der Waals surface area contributed by atoms with Gasteiger partial charge in [0.15, 0.2) is 0 Å². The zero-order chi connectivity index (χ0) is 26.2. The first-order valence-corrected chi connectivity index (χ1v) is 11.7. The first-order valence-electron chi connectivity index (χ1n) is 11.7. The van der Waals surface area contributed by atoms with E-state index in [0.717, 1.165) is 17.2 Å². The van der Waals surface area contributed by atoms with Crippen molar-refractivity contribution in [2.75, 3.05) is 30.3 Å². The van der Waals surface area contributed by atoms with Crippen molar-refractivity contribution in [3.05, 3.63) is 83.3 Å². The Bertz CT molecular complexity index is 1330. The Labute approximate surface area is 210 Å². The molecule has 0 bridgehead atoms. The maximum Gasteiger partial charge on any atom is 0.419 e. The van der Waals surface area contributed by atoms with Gasteiger partial charge in [0.1, 0.15) is 11.6 Å². The van der Waals surface area contributed by atoms with Crippen molar-refractivity contribution >= 4 is 29.1 Å². The van der Waals surface area contributed by atoms with Crippen molar-refractivity contribution in [3.8, 4) is 0 Å². The molecule has 11 heteroatoms. The van der Waals surface area contributed by atoms with Crippen LogP contribution in [-0.2, 0) is 23.9 Å². The van der Waals surface area contributed by atoms with Crippen LogP contribution in [0.1, 0.15) is 16.7 Å². The highest BCUT2D eigenvalue weighted by molar-refractivity contribution is 5.91. The lowest BCUT2D eigenvalue weighted by Gasteiger charge is -2.41. The van der Waals surface area contributed by atoms with Crippen LogP contribution in [0.15, 0.2) is 60.8 Å². The normalized spacial score (nSPS) is 15.6. The van der Waals surface area contributed by atoms with Gasteiger partial charge in [0.05, 0.1) is 11.5 Å². The van der Waals surface area contributed by atoms with Crippen molar-refractivity contribution in [3.63, 3.8) is 0 Å². The SMILES string of the molecule is O=C(Nc1ccccn1)N1CC(C(=O)N2CCc3c(cccc3Nc3ccc(C(F)(F)F)c(F)c3)C2)C1. The number of carbonyl (C=O) groups is 2. The predicted octanol–water partition coefficient (Wildman–Crippen LogP) is 5.03. The van der Waals surface area contributed by atoms with E-state index in [1.54, 1.807) is 46.3 Å². The summed E-state index contributed by atoms with van der Waals surface area (Å²) in [5, 5.41) is 5.71. The van der Waals surface area contributed by atoms with Gasteiger partial charge in [-0.1, -0.05) is 18.2 Å². The molecule has 1 saturated heterocycles. The molecule has 37 heavy (non-hydrogen) atoms. The molecule has 1 aromatic heterocycles. The third-order valence-electron chi connectivity index (χ3n) is 6.55. The third kappa shape index (κ3) is 5.20. The van der Waals surface area contributed by atoms with Gasteiger partial charge in [0.25, 0.3) is 0 Å². The highest BCUT2D eigenvalue weighted by Crippen LogP contribution is 2.34. The second kappa shape index (κ2) is 9.72. The number of likely N-dealkylation sites (tertiary alicyclic amines) is 1. The van der Waals surface area contributed by atoms with Gasteiger partial charge in [-0.05, 0) is 53.9 Å². The number of rotatable bonds is 4. The molecule has 3 aromatic rings. The maximum atomic E-state index is 14.0. The van der Waals surface area contributed by atoms with Crippen LogP contribution in [-0.4, -0.2) is 46.4 Å². The monoisotopic (exact) mass is 513 g/mol. The van der Waals surface area contributed by atoms with Crippen LogP contribution < -0.4 is 10.6 Å². The Morgan fingerprint density at radius 1 is 1.00 bits per heavy atom. The van der Waals surface area contributed by atoms with Crippen LogP contribution in [0.4, 0.5) is 39.5 Å². The van der Waals surface area contributed by atoms with E-state index in [-0.39, 0.29) is 23.5 Å². The van der Waals surface area contributed by atoms with Crippen LogP contribution in [0, 0.1) is 11.7 Å². The van der Waals surface area contributed by atoms with Crippen molar-refractivity contribution in [1.29, 1.82) is 0 Å². The predicted molar refractivity (Wildman–Crippen MR) is 129 cm³/mol. The molecule has 2 aromatic carbocycles. The Kier molecular flexibility index (Phi) is 6.45. The van der Waals surface area contributed by atoms with E-state index in [2.05, 4.69) is 15.6 Å². The summed E-state index contributed by atoms with van der Waals surface area (Å²) in [6.07, 6.45) is -2.65. The van der Waals surface area contributed by atoms with Gasteiger partial charge >= 0.3 is 12.2 Å². The molecule has 7 nitrogen and oxygen atoms in total. The number of amides is 3. The minimum absolute atomic E-state index is 0.0318. The van der Waals surface area contributed by atoms with E-state index in [1.807, 2.05) is 6.07 Å². The highest BCUT2D eigenvalue weighted by atomic mass is 19.4. The topological polar surface area (TPSA) is 77.6 Å². The molecular formula is C26H23F4N5O2. The summed E-state index contributed by atoms with van der Waals surface area (Å²) in [4.78, 5) is 32.8. The highest BCUT2D eigenvalue weighted by Gasteiger charge is 2.39. The molecule has 3 heterocycles. The van der Waals surface area contributed by atoms with Crippen molar-refractivity contribution in [2.24, 2.45) is 5.92 Å². The Hall–Kier alpha value is -4.15. The fourth-order valence-corrected chi connectivity index (χ4v) is 4.58. The number of carbonyl (C=O) groups excluding carboxylic acids is 2. The fraction of sp³-hybridized carbons (Fsp3) is 0.269. The van der Waals surface area contributed by atoms with Gasteiger partial charge in [-0.25, -0.2) is 14.2 Å². The molecule has 0 spiro atoms. The van der Waals surface area contributed by atoms with E-state index in [0.29, 0.717) is 50.2 Å². The van der Waals surface area contributed by atoms with E-state index >= 15 is 0 Å². The van der Waals surface area contributed by atoms with Crippen LogP contribution in [0.2, 0.25) is 0 Å². The molecule has 192 valence electrons.